The normalized spacial score (nSPS) is 16.7. The number of ketones is 1. The van der Waals surface area contributed by atoms with Crippen LogP contribution in [-0.2, 0) is 0 Å². The minimum absolute atomic E-state index is 0.216. The molecule has 3 N–H and O–H groups in total. The summed E-state index contributed by atoms with van der Waals surface area (Å²) in [4.78, 5) is 23.5. The van der Waals surface area contributed by atoms with Crippen LogP contribution < -0.4 is 10.6 Å². The Balaban J connectivity index is 2.11. The minimum atomic E-state index is -0.673. The molecule has 0 fully saturated rings. The van der Waals surface area contributed by atoms with Crippen LogP contribution in [0.4, 0.5) is 5.69 Å². The number of aromatic hydroxyl groups is 1. The molecule has 0 saturated carbocycles. The maximum absolute atomic E-state index is 13.0. The Morgan fingerprint density at radius 2 is 1.92 bits per heavy atom. The molecule has 2 aromatic rings. The van der Waals surface area contributed by atoms with Gasteiger partial charge in [0.05, 0.1) is 11.0 Å². The van der Waals surface area contributed by atoms with E-state index in [-0.39, 0.29) is 5.78 Å². The second-order valence-corrected chi connectivity index (χ2v) is 6.18. The first-order valence-corrected chi connectivity index (χ1v) is 8.14. The van der Waals surface area contributed by atoms with E-state index in [9.17, 15) is 20.0 Å². The second kappa shape index (κ2) is 6.93. The molecule has 0 amide bonds. The topological polar surface area (TPSA) is 104 Å². The van der Waals surface area contributed by atoms with Gasteiger partial charge in [-0.1, -0.05) is 36.4 Å². The number of nitrogens with zero attached hydrogens (tertiary/aromatic N) is 1. The first-order valence-electron chi connectivity index (χ1n) is 7.74. The highest BCUT2D eigenvalue weighted by Crippen LogP contribution is 2.34. The van der Waals surface area contributed by atoms with Crippen LogP contribution in [-0.4, -0.2) is 20.9 Å². The third-order valence-corrected chi connectivity index (χ3v) is 4.30. The predicted octanol–water partition coefficient (Wildman–Crippen LogP) is 2.98. The SMILES string of the molecule is CC1=C(C(=O)c2ccccc2)C(c2ccc(O)c([N+](=O)[O-])c2)NC(=S)N1. The number of nitro groups is 1. The Kier molecular flexibility index (Phi) is 4.68. The zero-order valence-electron chi connectivity index (χ0n) is 13.7. The van der Waals surface area contributed by atoms with Gasteiger partial charge in [0.15, 0.2) is 16.6 Å². The van der Waals surface area contributed by atoms with E-state index in [0.717, 1.165) is 0 Å². The molecule has 0 spiro atoms. The lowest BCUT2D eigenvalue weighted by atomic mass is 9.89. The molecule has 1 aliphatic rings. The Hall–Kier alpha value is -3.26. The fourth-order valence-electron chi connectivity index (χ4n) is 2.86. The van der Waals surface area contributed by atoms with Crippen molar-refractivity contribution in [2.75, 3.05) is 0 Å². The number of hydrogen-bond acceptors (Lipinski definition) is 5. The van der Waals surface area contributed by atoms with Gasteiger partial charge in [0.25, 0.3) is 0 Å². The van der Waals surface area contributed by atoms with Gasteiger partial charge >= 0.3 is 5.69 Å². The van der Waals surface area contributed by atoms with E-state index in [2.05, 4.69) is 10.6 Å². The highest BCUT2D eigenvalue weighted by Gasteiger charge is 2.31. The summed E-state index contributed by atoms with van der Waals surface area (Å²) in [7, 11) is 0. The van der Waals surface area contributed by atoms with Crippen LogP contribution in [0.2, 0.25) is 0 Å². The molecular weight excluding hydrogens is 354 g/mol. The van der Waals surface area contributed by atoms with Crippen molar-refractivity contribution < 1.29 is 14.8 Å². The van der Waals surface area contributed by atoms with Crippen LogP contribution in [0.5, 0.6) is 5.75 Å². The van der Waals surface area contributed by atoms with Gasteiger partial charge in [-0.25, -0.2) is 0 Å². The number of carbonyl (C=O) groups excluding carboxylic acids is 1. The smallest absolute Gasteiger partial charge is 0.311 e. The summed E-state index contributed by atoms with van der Waals surface area (Å²) < 4.78 is 0. The lowest BCUT2D eigenvalue weighted by molar-refractivity contribution is -0.385. The van der Waals surface area contributed by atoms with Crippen LogP contribution in [0.1, 0.15) is 28.9 Å². The van der Waals surface area contributed by atoms with E-state index < -0.39 is 22.4 Å². The molecule has 2 aromatic carbocycles. The van der Waals surface area contributed by atoms with Crippen molar-refractivity contribution in [1.29, 1.82) is 0 Å². The fraction of sp³-hybridized carbons (Fsp3) is 0.111. The number of carbonyl (C=O) groups is 1. The van der Waals surface area contributed by atoms with Gasteiger partial charge in [-0.05, 0) is 30.8 Å². The summed E-state index contributed by atoms with van der Waals surface area (Å²) in [5.41, 5.74) is 1.50. The molecule has 0 radical (unpaired) electrons. The monoisotopic (exact) mass is 369 g/mol. The largest absolute Gasteiger partial charge is 0.502 e. The third-order valence-electron chi connectivity index (χ3n) is 4.08. The number of phenols is 1. The molecule has 0 saturated heterocycles. The van der Waals surface area contributed by atoms with Crippen LogP contribution in [0.25, 0.3) is 0 Å². The number of allylic oxidation sites excluding steroid dienone is 1. The second-order valence-electron chi connectivity index (χ2n) is 5.77. The molecule has 8 heteroatoms. The number of hydrogen-bond donors (Lipinski definition) is 3. The standard InChI is InChI=1S/C18H15N3O4S/c1-10-15(17(23)11-5-3-2-4-6-11)16(20-18(26)19-10)12-7-8-14(22)13(9-12)21(24)25/h2-9,16,22H,1H3,(H2,19,20,26). The Labute approximate surface area is 154 Å². The van der Waals surface area contributed by atoms with Crippen molar-refractivity contribution >= 4 is 28.8 Å². The summed E-state index contributed by atoms with van der Waals surface area (Å²) >= 11 is 5.18. The van der Waals surface area contributed by atoms with Crippen molar-refractivity contribution in [3.63, 3.8) is 0 Å². The van der Waals surface area contributed by atoms with Crippen molar-refractivity contribution in [2.24, 2.45) is 0 Å². The number of Topliss-reactive ketones (excluding diaryl/α,β-unsaturated/α-hetero) is 1. The maximum atomic E-state index is 13.0. The molecule has 0 aliphatic carbocycles. The number of nitro benzene ring substituents is 1. The van der Waals surface area contributed by atoms with Crippen LogP contribution in [0, 0.1) is 10.1 Å². The Bertz CT molecular complexity index is 941. The summed E-state index contributed by atoms with van der Waals surface area (Å²) in [5.74, 6) is -0.654. The van der Waals surface area contributed by atoms with Crippen molar-refractivity contribution in [3.8, 4) is 5.75 Å². The first kappa shape index (κ1) is 17.6. The Morgan fingerprint density at radius 1 is 1.23 bits per heavy atom. The molecule has 132 valence electrons. The summed E-state index contributed by atoms with van der Waals surface area (Å²) in [5, 5.41) is 27.0. The molecule has 1 unspecified atom stereocenters. The van der Waals surface area contributed by atoms with Gasteiger partial charge in [-0.15, -0.1) is 0 Å². The number of nitrogens with one attached hydrogen (secondary N) is 2. The zero-order chi connectivity index (χ0) is 18.8. The lowest BCUT2D eigenvalue weighted by Crippen LogP contribution is -2.44. The average molecular weight is 369 g/mol. The summed E-state index contributed by atoms with van der Waals surface area (Å²) in [6.07, 6.45) is 0. The van der Waals surface area contributed by atoms with Crippen molar-refractivity contribution in [1.82, 2.24) is 10.6 Å². The lowest BCUT2D eigenvalue weighted by Gasteiger charge is -2.30. The highest BCUT2D eigenvalue weighted by molar-refractivity contribution is 7.80. The van der Waals surface area contributed by atoms with E-state index in [1.807, 2.05) is 6.07 Å². The summed E-state index contributed by atoms with van der Waals surface area (Å²) in [6, 6.07) is 12.1. The zero-order valence-corrected chi connectivity index (χ0v) is 14.5. The number of benzene rings is 2. The molecule has 7 nitrogen and oxygen atoms in total. The van der Waals surface area contributed by atoms with Gasteiger partial charge in [0, 0.05) is 22.9 Å². The first-order chi connectivity index (χ1) is 12.4. The van der Waals surface area contributed by atoms with E-state index in [0.29, 0.717) is 27.5 Å². The van der Waals surface area contributed by atoms with Crippen LogP contribution in [0.3, 0.4) is 0 Å². The van der Waals surface area contributed by atoms with Crippen molar-refractivity contribution in [3.05, 3.63) is 81.0 Å². The van der Waals surface area contributed by atoms with Gasteiger partial charge in [0.2, 0.25) is 0 Å². The van der Waals surface area contributed by atoms with Gasteiger partial charge in [-0.3, -0.25) is 14.9 Å². The minimum Gasteiger partial charge on any atom is -0.502 e. The predicted molar refractivity (Wildman–Crippen MR) is 99.8 cm³/mol. The van der Waals surface area contributed by atoms with Crippen LogP contribution in [0.15, 0.2) is 59.8 Å². The maximum Gasteiger partial charge on any atom is 0.311 e. The molecule has 1 aliphatic heterocycles. The van der Waals surface area contributed by atoms with Gasteiger partial charge in [-0.2, -0.15) is 0 Å². The van der Waals surface area contributed by atoms with Gasteiger partial charge in [0.1, 0.15) is 0 Å². The molecule has 26 heavy (non-hydrogen) atoms. The van der Waals surface area contributed by atoms with Crippen LogP contribution >= 0.6 is 12.2 Å². The van der Waals surface area contributed by atoms with E-state index in [1.54, 1.807) is 31.2 Å². The van der Waals surface area contributed by atoms with Crippen molar-refractivity contribution in [2.45, 2.75) is 13.0 Å². The third kappa shape index (κ3) is 3.27. The number of thiocarbonyl (C=S) groups is 1. The molecule has 0 bridgehead atoms. The quantitative estimate of drug-likeness (QED) is 0.329. The molecule has 0 aromatic heterocycles. The van der Waals surface area contributed by atoms with E-state index in [1.165, 1.54) is 18.2 Å². The summed E-state index contributed by atoms with van der Waals surface area (Å²) in [6.45, 7) is 1.73. The molecular formula is C18H15N3O4S. The highest BCUT2D eigenvalue weighted by atomic mass is 32.1. The fourth-order valence-corrected chi connectivity index (χ4v) is 3.13. The van der Waals surface area contributed by atoms with Gasteiger partial charge < -0.3 is 15.7 Å². The average Bonchev–Trinajstić information content (AvgIpc) is 2.61. The molecule has 3 rings (SSSR count). The Morgan fingerprint density at radius 3 is 2.58 bits per heavy atom. The number of phenolic OH excluding ortho intramolecular Hbond substituents is 1. The molecule has 1 heterocycles. The number of rotatable bonds is 4. The molecule has 1 atom stereocenters. The van der Waals surface area contributed by atoms with E-state index in [4.69, 9.17) is 12.2 Å². The van der Waals surface area contributed by atoms with E-state index >= 15 is 0 Å².